The number of aryl methyl sites for hydroxylation is 2. The highest BCUT2D eigenvalue weighted by Gasteiger charge is 2.15. The number of nitrogens with two attached hydrogens (primary N) is 5. The number of hydrogen-bond acceptors (Lipinski definition) is 22. The zero-order valence-corrected chi connectivity index (χ0v) is 71.7. The third-order valence-corrected chi connectivity index (χ3v) is 18.0. The smallest absolute Gasteiger partial charge is 0.423 e. The van der Waals surface area contributed by atoms with Gasteiger partial charge in [-0.3, -0.25) is 9.97 Å². The van der Waals surface area contributed by atoms with Crippen molar-refractivity contribution in [3.8, 4) is 122 Å². The number of benzene rings is 5. The molecule has 13 rings (SSSR count). The Balaban J connectivity index is 0.000000223. The van der Waals surface area contributed by atoms with Gasteiger partial charge in [-0.15, -0.1) is 29.0 Å². The van der Waals surface area contributed by atoms with Crippen molar-refractivity contribution < 1.29 is 10.0 Å². The van der Waals surface area contributed by atoms with E-state index in [1.165, 1.54) is 18.2 Å². The maximum atomic E-state index is 9.13. The van der Waals surface area contributed by atoms with Gasteiger partial charge < -0.3 is 38.7 Å². The van der Waals surface area contributed by atoms with Crippen molar-refractivity contribution in [2.75, 3.05) is 28.7 Å². The number of nitrogen functional groups attached to an aromatic ring is 5. The Morgan fingerprint density at radius 2 is 0.826 bits per heavy atom. The number of nitrogens with zero attached hydrogens (tertiary/aromatic N) is 18. The molecular formula is C90H83BCl3N23O2Si2. The maximum absolute atomic E-state index is 9.13. The predicted octanol–water partition coefficient (Wildman–Crippen LogP) is 17.1. The van der Waals surface area contributed by atoms with Gasteiger partial charge in [0.1, 0.15) is 56.1 Å². The van der Waals surface area contributed by atoms with E-state index in [-0.39, 0.29) is 0 Å². The largest absolute Gasteiger partial charge is 0.488 e. The third-order valence-electron chi connectivity index (χ3n) is 15.7. The molecule has 0 aliphatic rings. The lowest BCUT2D eigenvalue weighted by atomic mass is 9.80. The normalized spacial score (nSPS) is 9.87. The zero-order chi connectivity index (χ0) is 88.6. The van der Waals surface area contributed by atoms with E-state index in [4.69, 9.17) is 118 Å². The van der Waals surface area contributed by atoms with Gasteiger partial charge in [0.15, 0.2) is 0 Å². The van der Waals surface area contributed by atoms with Crippen LogP contribution in [0, 0.1) is 92.4 Å². The number of anilines is 5. The lowest BCUT2D eigenvalue weighted by Crippen LogP contribution is -2.29. The molecule has 0 unspecified atom stereocenters. The molecule has 0 aliphatic heterocycles. The third kappa shape index (κ3) is 34.0. The fourth-order valence-corrected chi connectivity index (χ4v) is 11.2. The van der Waals surface area contributed by atoms with E-state index in [2.05, 4.69) is 149 Å². The van der Waals surface area contributed by atoms with Crippen LogP contribution in [0.4, 0.5) is 29.1 Å². The summed E-state index contributed by atoms with van der Waals surface area (Å²) in [6.45, 7) is 18.0. The van der Waals surface area contributed by atoms with E-state index in [0.717, 1.165) is 74.7 Å². The number of pyridine rings is 7. The average Bonchev–Trinajstić information content (AvgIpc) is 1.31. The molecule has 0 bridgehead atoms. The number of aromatic nitrogens is 10. The Bertz CT molecular complexity index is 6120. The Morgan fingerprint density at radius 3 is 1.25 bits per heavy atom. The second-order valence-electron chi connectivity index (χ2n) is 27.7. The first-order valence-corrected chi connectivity index (χ1v) is 44.9. The summed E-state index contributed by atoms with van der Waals surface area (Å²) >= 11 is 16.9. The fourth-order valence-electron chi connectivity index (χ4n) is 9.98. The summed E-state index contributed by atoms with van der Waals surface area (Å²) in [5.41, 5.74) is 58.7. The van der Waals surface area contributed by atoms with Gasteiger partial charge in [0.05, 0.1) is 106 Å². The van der Waals surface area contributed by atoms with Crippen molar-refractivity contribution in [3.63, 3.8) is 0 Å². The van der Waals surface area contributed by atoms with Crippen LogP contribution in [-0.2, 0) is 25.9 Å². The van der Waals surface area contributed by atoms with Crippen molar-refractivity contribution in [2.45, 2.75) is 79.1 Å². The molecule has 0 aliphatic carbocycles. The highest BCUT2D eigenvalue weighted by molar-refractivity contribution is 6.84. The molecule has 0 spiro atoms. The molecule has 25 nitrogen and oxygen atoms in total. The fraction of sp³-hybridized carbons (Fsp3) is 0.133. The minimum atomic E-state index is -1.50. The summed E-state index contributed by atoms with van der Waals surface area (Å²) in [7, 11) is -4.03. The Hall–Kier alpha value is -15.0. The van der Waals surface area contributed by atoms with Gasteiger partial charge in [0.25, 0.3) is 0 Å². The second kappa shape index (κ2) is 47.9. The summed E-state index contributed by atoms with van der Waals surface area (Å²) in [5.74, 6) is 7.61. The topological polar surface area (TPSA) is 459 Å². The minimum absolute atomic E-state index is 0.319. The summed E-state index contributed by atoms with van der Waals surface area (Å²) in [5, 5.41) is 74.9. The highest BCUT2D eigenvalue weighted by atomic mass is 35.5. The van der Waals surface area contributed by atoms with Crippen LogP contribution in [0.25, 0.3) is 66.7 Å². The van der Waals surface area contributed by atoms with Gasteiger partial charge in [-0.05, 0) is 169 Å². The summed E-state index contributed by atoms with van der Waals surface area (Å²) in [6, 6.07) is 74.3. The highest BCUT2D eigenvalue weighted by Crippen LogP contribution is 2.29. The summed E-state index contributed by atoms with van der Waals surface area (Å²) < 4.78 is 1.75. The van der Waals surface area contributed by atoms with E-state index >= 15 is 0 Å². The van der Waals surface area contributed by atoms with Gasteiger partial charge in [0.2, 0.25) is 0 Å². The standard InChI is InChI=1S/C22H19N7.C17H17N3Si.C14H9N3.C12H8ClN3.C8H10N4.C7H6BNO2.C5H4Cl2N2.C5H10Si/c1-2-18-7-4-8-19(25-18)13-29-14-21(27-28-29)17-10-20(26-22(24)11-17)16-6-3-5-15(9-16)12-23;1-21(2,3)8-7-13-10-16(20-17(19)11-13)15-6-4-5-14(9-15)12-18;1-2-10-7-13(17-14(16)8-10)12-5-3-4-11(6-12)9-15;13-10-5-11(16-12(15)6-10)9-3-1-2-8(4-9)7-14;1-2-7-4-3-5-8(11-7)6-10-12-9;9-5-6-2-1-3-7(4-6)8(10)11;6-3-1-4(7)9-5(8)2-3;1-5-6(2,3)4/h3-11,14H,2,13H2,1H3,(H2,24,26);4-6,9-11H,1-3H3,(H2,19,20);1,3-8H,(H2,16,17);1-6H,(H2,15,16);3-5H,2,6H2,1H3;1-4,10-11H;1-2H,(H2,8,9);1H,2-4H3. The molecule has 0 atom stereocenters. The van der Waals surface area contributed by atoms with E-state index in [9.17, 15) is 0 Å². The first-order valence-electron chi connectivity index (χ1n) is 36.8. The van der Waals surface area contributed by atoms with E-state index in [0.29, 0.717) is 119 Å². The molecule has 602 valence electrons. The number of hydrogen-bond donors (Lipinski definition) is 7. The van der Waals surface area contributed by atoms with Crippen LogP contribution in [-0.4, -0.2) is 83.2 Å². The Kier molecular flexibility index (Phi) is 37.6. The molecule has 8 aromatic heterocycles. The van der Waals surface area contributed by atoms with Gasteiger partial charge >= 0.3 is 7.12 Å². The van der Waals surface area contributed by atoms with Gasteiger partial charge in [-0.2, -0.15) is 26.3 Å². The molecule has 0 saturated carbocycles. The predicted molar refractivity (Wildman–Crippen MR) is 488 cm³/mol. The lowest BCUT2D eigenvalue weighted by molar-refractivity contribution is 0.425. The molecule has 5 aromatic carbocycles. The van der Waals surface area contributed by atoms with Crippen molar-refractivity contribution in [1.82, 2.24) is 49.9 Å². The summed E-state index contributed by atoms with van der Waals surface area (Å²) in [4.78, 5) is 32.3. The molecule has 8 heterocycles. The quantitative estimate of drug-likeness (QED) is 0.0149. The Labute approximate surface area is 721 Å². The molecule has 31 heteroatoms. The van der Waals surface area contributed by atoms with Crippen molar-refractivity contribution in [2.24, 2.45) is 5.11 Å². The lowest BCUT2D eigenvalue weighted by Gasteiger charge is -2.06. The number of nitriles is 5. The first-order chi connectivity index (χ1) is 57.8. The van der Waals surface area contributed by atoms with Crippen LogP contribution < -0.4 is 34.1 Å². The van der Waals surface area contributed by atoms with Gasteiger partial charge in [-0.1, -0.05) is 183 Å². The van der Waals surface area contributed by atoms with Gasteiger partial charge in [-0.25, -0.2) is 29.6 Å². The second-order valence-corrected chi connectivity index (χ2v) is 38.5. The molecule has 13 aromatic rings. The van der Waals surface area contributed by atoms with E-state index in [1.807, 2.05) is 104 Å². The van der Waals surface area contributed by atoms with Crippen LogP contribution in [0.1, 0.15) is 75.6 Å². The van der Waals surface area contributed by atoms with Crippen LogP contribution in [0.3, 0.4) is 0 Å². The van der Waals surface area contributed by atoms with Crippen LogP contribution >= 0.6 is 34.8 Å². The number of azide groups is 1. The van der Waals surface area contributed by atoms with Crippen molar-refractivity contribution in [1.29, 1.82) is 26.3 Å². The number of rotatable bonds is 12. The molecular weight excluding hydrogens is 1610 g/mol. The molecule has 12 N–H and O–H groups in total. The molecule has 0 saturated heterocycles. The van der Waals surface area contributed by atoms with Crippen LogP contribution in [0.5, 0.6) is 0 Å². The average molecular weight is 1690 g/mol. The number of halogens is 3. The zero-order valence-electron chi connectivity index (χ0n) is 67.4. The van der Waals surface area contributed by atoms with Crippen molar-refractivity contribution in [3.05, 3.63) is 312 Å². The number of terminal acetylenes is 2. The van der Waals surface area contributed by atoms with Crippen LogP contribution in [0.2, 0.25) is 54.5 Å². The van der Waals surface area contributed by atoms with Crippen LogP contribution in [0.15, 0.2) is 230 Å². The van der Waals surface area contributed by atoms with E-state index < -0.39 is 23.3 Å². The molecule has 121 heavy (non-hydrogen) atoms. The molecule has 0 fully saturated rings. The first kappa shape index (κ1) is 94.9. The molecule has 0 radical (unpaired) electrons. The monoisotopic (exact) mass is 1690 g/mol. The Morgan fingerprint density at radius 1 is 0.438 bits per heavy atom. The van der Waals surface area contributed by atoms with E-state index in [1.54, 1.807) is 120 Å². The maximum Gasteiger partial charge on any atom is 0.488 e. The summed E-state index contributed by atoms with van der Waals surface area (Å²) in [6.07, 6.45) is 14.1. The van der Waals surface area contributed by atoms with Gasteiger partial charge in [0, 0.05) is 71.0 Å². The SMILES string of the molecule is C#C[Si](C)(C)C.C#Cc1cc(N)nc(-c2cccc(C#N)c2)c1.CCc1cccc(CN=[N+]=[N-])n1.CCc1cccc(Cn2cc(-c3cc(N)nc(-c4cccc(C#N)c4)c3)nn2)n1.C[Si](C)(C)C#Cc1cc(N)nc(-c2cccc(C#N)c2)c1.N#Cc1cccc(-c2cc(Cl)cc(N)n2)c1.N#Cc1cccc(B(O)O)c1.Nc1cc(Cl)cc(Cl)n1. The van der Waals surface area contributed by atoms with Crippen molar-refractivity contribution >= 4 is 92.6 Å². The minimum Gasteiger partial charge on any atom is -0.423 e. The molecule has 0 amide bonds.